The van der Waals surface area contributed by atoms with Crippen LogP contribution < -0.4 is 5.32 Å². The van der Waals surface area contributed by atoms with Crippen LogP contribution in [0.2, 0.25) is 0 Å². The Labute approximate surface area is 163 Å². The van der Waals surface area contributed by atoms with Gasteiger partial charge in [-0.1, -0.05) is 19.3 Å². The average molecular weight is 391 g/mol. The zero-order chi connectivity index (χ0) is 20.7. The second kappa shape index (κ2) is 9.34. The Hall–Kier alpha value is -2.90. The molecule has 1 amide bonds. The number of aliphatic carboxylic acids is 1. The van der Waals surface area contributed by atoms with Crippen LogP contribution in [-0.2, 0) is 19.1 Å². The van der Waals surface area contributed by atoms with Crippen molar-refractivity contribution >= 4 is 29.5 Å². The van der Waals surface area contributed by atoms with Gasteiger partial charge < -0.3 is 19.9 Å². The van der Waals surface area contributed by atoms with Crippen LogP contribution in [0.4, 0.5) is 5.69 Å². The van der Waals surface area contributed by atoms with Gasteiger partial charge in [0.15, 0.2) is 0 Å². The normalized spacial score (nSPS) is 15.4. The summed E-state index contributed by atoms with van der Waals surface area (Å²) in [5.74, 6) is -2.61. The molecule has 0 unspecified atom stereocenters. The highest BCUT2D eigenvalue weighted by Gasteiger charge is 2.36. The van der Waals surface area contributed by atoms with E-state index in [1.165, 1.54) is 32.4 Å². The summed E-state index contributed by atoms with van der Waals surface area (Å²) in [5, 5.41) is 11.9. The van der Waals surface area contributed by atoms with Crippen molar-refractivity contribution in [2.75, 3.05) is 19.5 Å². The number of amides is 1. The number of methoxy groups -OCH3 is 2. The van der Waals surface area contributed by atoms with E-state index in [2.05, 4.69) is 10.1 Å². The minimum Gasteiger partial charge on any atom is -0.481 e. The molecule has 2 rings (SSSR count). The summed E-state index contributed by atoms with van der Waals surface area (Å²) in [6.45, 7) is 0. The number of carbonyl (C=O) groups excluding carboxylic acids is 3. The molecule has 0 aliphatic heterocycles. The standard InChI is InChI=1S/C20H25NO7/c1-27-18(25)13-6-7-14(19(26)28-2)15(10-13)21-16(22)11-20(12-17(23)24)8-4-3-5-9-20/h6-7,10H,3-5,8-9,11-12H2,1-2H3,(H,21,22)(H,23,24). The Balaban J connectivity index is 2.26. The van der Waals surface area contributed by atoms with Gasteiger partial charge in [0.25, 0.3) is 0 Å². The summed E-state index contributed by atoms with van der Waals surface area (Å²) in [7, 11) is 2.44. The lowest BCUT2D eigenvalue weighted by atomic mass is 9.69. The quantitative estimate of drug-likeness (QED) is 0.686. The molecule has 2 N–H and O–H groups in total. The highest BCUT2D eigenvalue weighted by Crippen LogP contribution is 2.42. The van der Waals surface area contributed by atoms with Gasteiger partial charge in [0, 0.05) is 6.42 Å². The van der Waals surface area contributed by atoms with Gasteiger partial charge in [0.05, 0.1) is 37.5 Å². The van der Waals surface area contributed by atoms with E-state index in [4.69, 9.17) is 4.74 Å². The Morgan fingerprint density at radius 3 is 2.21 bits per heavy atom. The lowest BCUT2D eigenvalue weighted by Crippen LogP contribution is -2.32. The fraction of sp³-hybridized carbons (Fsp3) is 0.500. The van der Waals surface area contributed by atoms with Gasteiger partial charge in [-0.05, 0) is 36.5 Å². The van der Waals surface area contributed by atoms with Crippen LogP contribution in [0, 0.1) is 5.41 Å². The molecule has 152 valence electrons. The molecule has 1 aliphatic rings. The average Bonchev–Trinajstić information content (AvgIpc) is 2.66. The van der Waals surface area contributed by atoms with Crippen molar-refractivity contribution < 1.29 is 33.8 Å². The third-order valence-electron chi connectivity index (χ3n) is 5.10. The van der Waals surface area contributed by atoms with Gasteiger partial charge >= 0.3 is 17.9 Å². The number of hydrogen-bond donors (Lipinski definition) is 2. The van der Waals surface area contributed by atoms with E-state index in [0.29, 0.717) is 12.8 Å². The maximum absolute atomic E-state index is 12.7. The van der Waals surface area contributed by atoms with Crippen LogP contribution >= 0.6 is 0 Å². The predicted molar refractivity (Wildman–Crippen MR) is 100 cm³/mol. The molecule has 8 nitrogen and oxygen atoms in total. The number of anilines is 1. The summed E-state index contributed by atoms with van der Waals surface area (Å²) in [5.41, 5.74) is -0.205. The SMILES string of the molecule is COC(=O)c1ccc(C(=O)OC)c(NC(=O)CC2(CC(=O)O)CCCCC2)c1. The first-order valence-corrected chi connectivity index (χ1v) is 9.12. The number of carbonyl (C=O) groups is 4. The molecule has 1 saturated carbocycles. The smallest absolute Gasteiger partial charge is 0.339 e. The molecular weight excluding hydrogens is 366 g/mol. The third-order valence-corrected chi connectivity index (χ3v) is 5.10. The second-order valence-electron chi connectivity index (χ2n) is 7.10. The van der Waals surface area contributed by atoms with E-state index in [9.17, 15) is 24.3 Å². The first kappa shape index (κ1) is 21.4. The Bertz CT molecular complexity index is 766. The molecule has 0 aromatic heterocycles. The molecule has 1 aromatic carbocycles. The highest BCUT2D eigenvalue weighted by molar-refractivity contribution is 6.03. The van der Waals surface area contributed by atoms with Crippen molar-refractivity contribution in [2.45, 2.75) is 44.9 Å². The molecule has 0 saturated heterocycles. The van der Waals surface area contributed by atoms with Crippen LogP contribution in [0.3, 0.4) is 0 Å². The number of carboxylic acid groups (broad SMARTS) is 1. The number of ether oxygens (including phenoxy) is 2. The third kappa shape index (κ3) is 5.31. The molecule has 0 radical (unpaired) electrons. The minimum atomic E-state index is -0.933. The van der Waals surface area contributed by atoms with E-state index in [1.807, 2.05) is 0 Å². The van der Waals surface area contributed by atoms with Gasteiger partial charge in [0.2, 0.25) is 5.91 Å². The molecule has 1 fully saturated rings. The molecule has 1 aromatic rings. The van der Waals surface area contributed by atoms with Crippen LogP contribution in [0.5, 0.6) is 0 Å². The molecule has 0 bridgehead atoms. The summed E-state index contributed by atoms with van der Waals surface area (Å²) in [6.07, 6.45) is 4.07. The van der Waals surface area contributed by atoms with E-state index in [0.717, 1.165) is 19.3 Å². The molecular formula is C20H25NO7. The molecule has 1 aliphatic carbocycles. The van der Waals surface area contributed by atoms with Gasteiger partial charge in [-0.3, -0.25) is 9.59 Å². The Morgan fingerprint density at radius 2 is 1.64 bits per heavy atom. The monoisotopic (exact) mass is 391 g/mol. The first-order chi connectivity index (χ1) is 13.3. The van der Waals surface area contributed by atoms with Gasteiger partial charge in [-0.2, -0.15) is 0 Å². The lowest BCUT2D eigenvalue weighted by Gasteiger charge is -2.35. The van der Waals surface area contributed by atoms with Crippen LogP contribution in [-0.4, -0.2) is 43.1 Å². The summed E-state index contributed by atoms with van der Waals surface area (Å²) in [6, 6.07) is 4.13. The summed E-state index contributed by atoms with van der Waals surface area (Å²) >= 11 is 0. The van der Waals surface area contributed by atoms with Crippen LogP contribution in [0.1, 0.15) is 65.7 Å². The lowest BCUT2D eigenvalue weighted by molar-refractivity contribution is -0.141. The molecule has 0 atom stereocenters. The first-order valence-electron chi connectivity index (χ1n) is 9.12. The zero-order valence-electron chi connectivity index (χ0n) is 16.1. The minimum absolute atomic E-state index is 0.0301. The van der Waals surface area contributed by atoms with Crippen molar-refractivity contribution in [3.8, 4) is 0 Å². The number of hydrogen-bond acceptors (Lipinski definition) is 6. The summed E-state index contributed by atoms with van der Waals surface area (Å²) in [4.78, 5) is 47.8. The maximum atomic E-state index is 12.7. The number of nitrogens with one attached hydrogen (secondary N) is 1. The number of rotatable bonds is 7. The number of carboxylic acids is 1. The van der Waals surface area contributed by atoms with Crippen molar-refractivity contribution in [1.29, 1.82) is 0 Å². The van der Waals surface area contributed by atoms with Crippen LogP contribution in [0.25, 0.3) is 0 Å². The van der Waals surface area contributed by atoms with E-state index < -0.39 is 29.2 Å². The molecule has 0 heterocycles. The fourth-order valence-corrected chi connectivity index (χ4v) is 3.75. The molecule has 8 heteroatoms. The van der Waals surface area contributed by atoms with Crippen molar-refractivity contribution in [3.05, 3.63) is 29.3 Å². The molecule has 28 heavy (non-hydrogen) atoms. The Kier molecular flexibility index (Phi) is 7.14. The predicted octanol–water partition coefficient (Wildman–Crippen LogP) is 3.01. The van der Waals surface area contributed by atoms with Crippen LogP contribution in [0.15, 0.2) is 18.2 Å². The van der Waals surface area contributed by atoms with Crippen molar-refractivity contribution in [1.82, 2.24) is 0 Å². The fourth-order valence-electron chi connectivity index (χ4n) is 3.75. The second-order valence-corrected chi connectivity index (χ2v) is 7.10. The number of benzene rings is 1. The van der Waals surface area contributed by atoms with Gasteiger partial charge in [-0.15, -0.1) is 0 Å². The Morgan fingerprint density at radius 1 is 1.00 bits per heavy atom. The van der Waals surface area contributed by atoms with Crippen molar-refractivity contribution in [2.24, 2.45) is 5.41 Å². The van der Waals surface area contributed by atoms with Gasteiger partial charge in [0.1, 0.15) is 0 Å². The van der Waals surface area contributed by atoms with E-state index in [-0.39, 0.29) is 29.7 Å². The number of esters is 2. The summed E-state index contributed by atoms with van der Waals surface area (Å²) < 4.78 is 9.39. The molecule has 0 spiro atoms. The maximum Gasteiger partial charge on any atom is 0.339 e. The van der Waals surface area contributed by atoms with Crippen molar-refractivity contribution in [3.63, 3.8) is 0 Å². The highest BCUT2D eigenvalue weighted by atomic mass is 16.5. The largest absolute Gasteiger partial charge is 0.481 e. The topological polar surface area (TPSA) is 119 Å². The van der Waals surface area contributed by atoms with Gasteiger partial charge in [-0.25, -0.2) is 9.59 Å². The zero-order valence-corrected chi connectivity index (χ0v) is 16.1. The van der Waals surface area contributed by atoms with E-state index in [1.54, 1.807) is 0 Å². The van der Waals surface area contributed by atoms with E-state index >= 15 is 0 Å².